The SMILES string of the molecule is CCc1c(-c2ccc(C(C)(C)O)cc2)[nH]c2ncc(=N)n(C=N)c12. The van der Waals surface area contributed by atoms with Crippen molar-refractivity contribution in [3.05, 3.63) is 47.1 Å². The van der Waals surface area contributed by atoms with Gasteiger partial charge < -0.3 is 10.1 Å². The van der Waals surface area contributed by atoms with Gasteiger partial charge in [-0.1, -0.05) is 31.2 Å². The molecule has 0 aliphatic carbocycles. The Morgan fingerprint density at radius 3 is 2.50 bits per heavy atom. The summed E-state index contributed by atoms with van der Waals surface area (Å²) in [5, 5.41) is 25.6. The summed E-state index contributed by atoms with van der Waals surface area (Å²) in [6.07, 6.45) is 3.33. The molecule has 0 radical (unpaired) electrons. The summed E-state index contributed by atoms with van der Waals surface area (Å²) >= 11 is 0. The second kappa shape index (κ2) is 5.72. The third kappa shape index (κ3) is 2.55. The van der Waals surface area contributed by atoms with Gasteiger partial charge in [0.05, 0.1) is 29.3 Å². The molecule has 0 aliphatic heterocycles. The van der Waals surface area contributed by atoms with Gasteiger partial charge in [0.1, 0.15) is 5.49 Å². The predicted octanol–water partition coefficient (Wildman–Crippen LogP) is 2.76. The third-order valence-corrected chi connectivity index (χ3v) is 4.23. The van der Waals surface area contributed by atoms with E-state index in [-0.39, 0.29) is 5.49 Å². The molecular formula is C18H21N5O. The summed E-state index contributed by atoms with van der Waals surface area (Å²) in [5.41, 5.74) is 4.51. The summed E-state index contributed by atoms with van der Waals surface area (Å²) in [5.74, 6) is 0. The highest BCUT2D eigenvalue weighted by Crippen LogP contribution is 2.30. The third-order valence-electron chi connectivity index (χ3n) is 4.23. The molecule has 0 spiro atoms. The zero-order valence-corrected chi connectivity index (χ0v) is 14.0. The Morgan fingerprint density at radius 1 is 1.29 bits per heavy atom. The average Bonchev–Trinajstić information content (AvgIpc) is 2.93. The van der Waals surface area contributed by atoms with Crippen molar-refractivity contribution in [1.29, 1.82) is 10.8 Å². The molecular weight excluding hydrogens is 302 g/mol. The summed E-state index contributed by atoms with van der Waals surface area (Å²) in [6, 6.07) is 7.75. The number of benzene rings is 1. The van der Waals surface area contributed by atoms with Crippen LogP contribution in [0.25, 0.3) is 22.4 Å². The van der Waals surface area contributed by atoms with E-state index in [0.717, 1.165) is 40.7 Å². The molecule has 0 atom stereocenters. The minimum atomic E-state index is -0.878. The van der Waals surface area contributed by atoms with Crippen molar-refractivity contribution in [1.82, 2.24) is 14.5 Å². The van der Waals surface area contributed by atoms with E-state index in [2.05, 4.69) is 9.97 Å². The van der Waals surface area contributed by atoms with E-state index < -0.39 is 5.60 Å². The highest BCUT2D eigenvalue weighted by molar-refractivity contribution is 5.89. The maximum Gasteiger partial charge on any atom is 0.155 e. The molecule has 0 unspecified atom stereocenters. The number of rotatable bonds is 4. The molecule has 124 valence electrons. The molecule has 0 bridgehead atoms. The van der Waals surface area contributed by atoms with E-state index in [1.54, 1.807) is 13.8 Å². The lowest BCUT2D eigenvalue weighted by Gasteiger charge is -2.17. The maximum absolute atomic E-state index is 10.1. The Balaban J connectivity index is 2.23. The van der Waals surface area contributed by atoms with Gasteiger partial charge in [-0.05, 0) is 31.4 Å². The van der Waals surface area contributed by atoms with Gasteiger partial charge >= 0.3 is 0 Å². The quantitative estimate of drug-likeness (QED) is 0.438. The smallest absolute Gasteiger partial charge is 0.155 e. The molecule has 24 heavy (non-hydrogen) atoms. The van der Waals surface area contributed by atoms with Gasteiger partial charge in [0.25, 0.3) is 0 Å². The second-order valence-electron chi connectivity index (χ2n) is 6.31. The first-order chi connectivity index (χ1) is 11.4. The Morgan fingerprint density at radius 2 is 1.96 bits per heavy atom. The minimum absolute atomic E-state index is 0.176. The van der Waals surface area contributed by atoms with Crippen molar-refractivity contribution in [2.75, 3.05) is 0 Å². The fraction of sp³-hybridized carbons (Fsp3) is 0.278. The molecule has 6 nitrogen and oxygen atoms in total. The molecule has 3 aromatic rings. The Labute approximate surface area is 139 Å². The van der Waals surface area contributed by atoms with Crippen LogP contribution in [-0.2, 0) is 12.0 Å². The highest BCUT2D eigenvalue weighted by atomic mass is 16.3. The molecule has 0 fully saturated rings. The zero-order chi connectivity index (χ0) is 17.5. The molecule has 2 aromatic heterocycles. The van der Waals surface area contributed by atoms with Crippen molar-refractivity contribution in [2.45, 2.75) is 32.8 Å². The number of aromatic amines is 1. The number of aliphatic hydroxyl groups is 1. The number of hydrogen-bond acceptors (Lipinski definition) is 4. The number of fused-ring (bicyclic) bond motifs is 1. The van der Waals surface area contributed by atoms with Gasteiger partial charge in [-0.3, -0.25) is 15.4 Å². The lowest BCUT2D eigenvalue weighted by molar-refractivity contribution is 0.0786. The number of nitrogens with one attached hydrogen (secondary N) is 3. The fourth-order valence-electron chi connectivity index (χ4n) is 2.95. The first kappa shape index (κ1) is 16.1. The van der Waals surface area contributed by atoms with Crippen LogP contribution in [0.1, 0.15) is 31.9 Å². The summed E-state index contributed by atoms with van der Waals surface area (Å²) < 4.78 is 1.52. The maximum atomic E-state index is 10.1. The molecule has 0 saturated heterocycles. The van der Waals surface area contributed by atoms with E-state index >= 15 is 0 Å². The van der Waals surface area contributed by atoms with Crippen LogP contribution in [0.4, 0.5) is 0 Å². The Bertz CT molecular complexity index is 958. The number of H-pyrrole nitrogens is 1. The van der Waals surface area contributed by atoms with Crippen LogP contribution in [0.5, 0.6) is 0 Å². The molecule has 4 N–H and O–H groups in total. The van der Waals surface area contributed by atoms with Crippen LogP contribution >= 0.6 is 0 Å². The van der Waals surface area contributed by atoms with E-state index in [9.17, 15) is 5.11 Å². The lowest BCUT2D eigenvalue weighted by Crippen LogP contribution is -2.20. The normalized spacial score (nSPS) is 11.8. The van der Waals surface area contributed by atoms with Crippen molar-refractivity contribution in [3.63, 3.8) is 0 Å². The molecule has 0 aliphatic rings. The molecule has 6 heteroatoms. The van der Waals surface area contributed by atoms with Crippen molar-refractivity contribution in [3.8, 4) is 11.3 Å². The summed E-state index contributed by atoms with van der Waals surface area (Å²) in [6.45, 7) is 5.56. The van der Waals surface area contributed by atoms with Crippen LogP contribution in [0.3, 0.4) is 0 Å². The van der Waals surface area contributed by atoms with Crippen LogP contribution in [-0.4, -0.2) is 26.0 Å². The van der Waals surface area contributed by atoms with Gasteiger partial charge in [-0.15, -0.1) is 0 Å². The van der Waals surface area contributed by atoms with E-state index in [4.69, 9.17) is 10.8 Å². The van der Waals surface area contributed by atoms with Gasteiger partial charge in [-0.25, -0.2) is 4.98 Å². The number of aryl methyl sites for hydroxylation is 1. The van der Waals surface area contributed by atoms with Gasteiger partial charge in [-0.2, -0.15) is 0 Å². The minimum Gasteiger partial charge on any atom is -0.386 e. The van der Waals surface area contributed by atoms with Crippen molar-refractivity contribution >= 4 is 17.5 Å². The zero-order valence-electron chi connectivity index (χ0n) is 14.0. The molecule has 3 rings (SSSR count). The van der Waals surface area contributed by atoms with Gasteiger partial charge in [0.15, 0.2) is 5.65 Å². The van der Waals surface area contributed by atoms with Crippen LogP contribution in [0, 0.1) is 10.8 Å². The first-order valence-electron chi connectivity index (χ1n) is 7.87. The lowest BCUT2D eigenvalue weighted by atomic mass is 9.96. The summed E-state index contributed by atoms with van der Waals surface area (Å²) in [4.78, 5) is 7.60. The van der Waals surface area contributed by atoms with E-state index in [1.807, 2.05) is 31.2 Å². The van der Waals surface area contributed by atoms with Gasteiger partial charge in [0.2, 0.25) is 0 Å². The summed E-state index contributed by atoms with van der Waals surface area (Å²) in [7, 11) is 0. The van der Waals surface area contributed by atoms with Crippen molar-refractivity contribution in [2.24, 2.45) is 0 Å². The molecule has 2 heterocycles. The van der Waals surface area contributed by atoms with E-state index in [0.29, 0.717) is 5.65 Å². The first-order valence-corrected chi connectivity index (χ1v) is 7.87. The standard InChI is InChI=1S/C18H21N5O/c1-4-13-15(11-5-7-12(8-6-11)18(2,3)24)22-17-16(13)23(10-19)14(20)9-21-17/h5-10,19-20,22,24H,4H2,1-3H3. The Kier molecular flexibility index (Phi) is 3.85. The Hall–Kier alpha value is -2.73. The van der Waals surface area contributed by atoms with E-state index in [1.165, 1.54) is 10.8 Å². The number of aromatic nitrogens is 3. The average molecular weight is 323 g/mol. The molecule has 1 aromatic carbocycles. The monoisotopic (exact) mass is 323 g/mol. The largest absolute Gasteiger partial charge is 0.386 e. The predicted molar refractivity (Wildman–Crippen MR) is 94.2 cm³/mol. The number of hydrogen-bond donors (Lipinski definition) is 4. The fourth-order valence-corrected chi connectivity index (χ4v) is 2.95. The highest BCUT2D eigenvalue weighted by Gasteiger charge is 2.18. The second-order valence-corrected chi connectivity index (χ2v) is 6.31. The van der Waals surface area contributed by atoms with Crippen molar-refractivity contribution < 1.29 is 5.11 Å². The topological polar surface area (TPSA) is 102 Å². The van der Waals surface area contributed by atoms with Gasteiger partial charge in [0, 0.05) is 5.56 Å². The van der Waals surface area contributed by atoms with Crippen LogP contribution in [0.15, 0.2) is 30.5 Å². The number of nitrogens with zero attached hydrogens (tertiary/aromatic N) is 2. The van der Waals surface area contributed by atoms with Crippen LogP contribution < -0.4 is 5.49 Å². The molecule has 0 amide bonds. The van der Waals surface area contributed by atoms with Crippen LogP contribution in [0.2, 0.25) is 0 Å². The molecule has 0 saturated carbocycles.